The van der Waals surface area contributed by atoms with E-state index in [0.29, 0.717) is 5.16 Å². The van der Waals surface area contributed by atoms with Crippen molar-refractivity contribution >= 4 is 34.3 Å². The summed E-state index contributed by atoms with van der Waals surface area (Å²) in [4.78, 5) is 11.6. The van der Waals surface area contributed by atoms with Crippen LogP contribution in [0.4, 0.5) is 0 Å². The number of aryl methyl sites for hydroxylation is 1. The van der Waals surface area contributed by atoms with Gasteiger partial charge in [-0.3, -0.25) is 9.20 Å². The molecule has 0 N–H and O–H groups in total. The third kappa shape index (κ3) is 2.35. The molecule has 2 heterocycles. The molecule has 5 nitrogen and oxygen atoms in total. The fourth-order valence-corrected chi connectivity index (χ4v) is 3.22. The maximum atomic E-state index is 11.6. The van der Waals surface area contributed by atoms with Gasteiger partial charge in [0.2, 0.25) is 0 Å². The lowest BCUT2D eigenvalue weighted by Gasteiger charge is -2.09. The summed E-state index contributed by atoms with van der Waals surface area (Å²) in [5, 5.41) is 9.93. The number of methoxy groups -OCH3 is 1. The van der Waals surface area contributed by atoms with Crippen molar-refractivity contribution in [1.29, 1.82) is 0 Å². The predicted molar refractivity (Wildman–Crippen MR) is 82.6 cm³/mol. The number of hydrogen-bond donors (Lipinski definition) is 0. The number of thioether (sulfide) groups is 1. The highest BCUT2D eigenvalue weighted by Gasteiger charge is 2.19. The molecule has 3 rings (SSSR count). The lowest BCUT2D eigenvalue weighted by Crippen LogP contribution is -2.15. The van der Waals surface area contributed by atoms with Crippen molar-refractivity contribution in [3.05, 3.63) is 35.9 Å². The third-order valence-corrected chi connectivity index (χ3v) is 4.41. The second kappa shape index (κ2) is 5.37. The fourth-order valence-electron chi connectivity index (χ4n) is 2.32. The second-order valence-corrected chi connectivity index (χ2v) is 6.11. The Morgan fingerprint density at radius 2 is 2.10 bits per heavy atom. The second-order valence-electron chi connectivity index (χ2n) is 4.80. The minimum absolute atomic E-state index is 0.270. The monoisotopic (exact) mass is 301 g/mol. The molecule has 2 aromatic heterocycles. The molecule has 1 atom stereocenters. The molecular weight excluding hydrogens is 286 g/mol. The van der Waals surface area contributed by atoms with Gasteiger partial charge in [0.25, 0.3) is 0 Å². The van der Waals surface area contributed by atoms with Crippen LogP contribution in [0, 0.1) is 6.92 Å². The Morgan fingerprint density at radius 1 is 1.33 bits per heavy atom. The van der Waals surface area contributed by atoms with Gasteiger partial charge in [-0.15, -0.1) is 10.2 Å². The summed E-state index contributed by atoms with van der Waals surface area (Å²) < 4.78 is 6.74. The minimum atomic E-state index is -0.331. The zero-order valence-electron chi connectivity index (χ0n) is 12.0. The highest BCUT2D eigenvalue weighted by atomic mass is 32.2. The summed E-state index contributed by atoms with van der Waals surface area (Å²) in [6.45, 7) is 3.86. The number of aromatic nitrogens is 3. The van der Waals surface area contributed by atoms with Gasteiger partial charge in [0.05, 0.1) is 12.6 Å². The van der Waals surface area contributed by atoms with Crippen molar-refractivity contribution in [2.75, 3.05) is 7.11 Å². The summed E-state index contributed by atoms with van der Waals surface area (Å²) in [6.07, 6.45) is 0. The van der Waals surface area contributed by atoms with Crippen LogP contribution in [0.25, 0.3) is 16.6 Å². The van der Waals surface area contributed by atoms with Gasteiger partial charge in [-0.25, -0.2) is 0 Å². The Kier molecular flexibility index (Phi) is 3.55. The van der Waals surface area contributed by atoms with E-state index in [9.17, 15) is 4.79 Å². The van der Waals surface area contributed by atoms with Crippen LogP contribution >= 0.6 is 11.8 Å². The van der Waals surface area contributed by atoms with E-state index in [1.807, 2.05) is 28.7 Å². The number of esters is 1. The molecule has 0 aliphatic carbocycles. The van der Waals surface area contributed by atoms with Crippen molar-refractivity contribution in [3.63, 3.8) is 0 Å². The molecule has 108 valence electrons. The van der Waals surface area contributed by atoms with Crippen LogP contribution in [0.5, 0.6) is 0 Å². The number of carbonyl (C=O) groups is 1. The van der Waals surface area contributed by atoms with Crippen molar-refractivity contribution in [2.45, 2.75) is 24.3 Å². The van der Waals surface area contributed by atoms with Gasteiger partial charge < -0.3 is 4.74 Å². The highest BCUT2D eigenvalue weighted by Crippen LogP contribution is 2.28. The van der Waals surface area contributed by atoms with Crippen LogP contribution < -0.4 is 0 Å². The number of benzene rings is 1. The maximum Gasteiger partial charge on any atom is 0.318 e. The first-order valence-electron chi connectivity index (χ1n) is 6.60. The molecule has 3 aromatic rings. The van der Waals surface area contributed by atoms with Crippen molar-refractivity contribution in [1.82, 2.24) is 14.6 Å². The number of para-hydroxylation sites is 1. The number of nitrogens with zero attached hydrogens (tertiary/aromatic N) is 3. The molecule has 21 heavy (non-hydrogen) atoms. The minimum Gasteiger partial charge on any atom is -0.468 e. The Hall–Kier alpha value is -2.08. The van der Waals surface area contributed by atoms with Crippen LogP contribution in [-0.4, -0.2) is 32.9 Å². The maximum absolute atomic E-state index is 11.6. The number of carbonyl (C=O) groups excluding carboxylic acids is 1. The summed E-state index contributed by atoms with van der Waals surface area (Å²) in [5.41, 5.74) is 2.98. The number of rotatable bonds is 3. The molecule has 0 bridgehead atoms. The van der Waals surface area contributed by atoms with Crippen molar-refractivity contribution in [3.8, 4) is 0 Å². The van der Waals surface area contributed by atoms with Crippen LogP contribution in [0.15, 0.2) is 35.5 Å². The molecule has 0 unspecified atom stereocenters. The predicted octanol–water partition coefficient (Wildman–Crippen LogP) is 2.84. The van der Waals surface area contributed by atoms with Gasteiger partial charge in [-0.2, -0.15) is 0 Å². The highest BCUT2D eigenvalue weighted by molar-refractivity contribution is 8.00. The smallest absolute Gasteiger partial charge is 0.318 e. The Labute approximate surface area is 126 Å². The number of fused-ring (bicyclic) bond motifs is 3. The van der Waals surface area contributed by atoms with Gasteiger partial charge in [0.1, 0.15) is 5.25 Å². The van der Waals surface area contributed by atoms with Gasteiger partial charge in [-0.1, -0.05) is 30.0 Å². The van der Waals surface area contributed by atoms with E-state index >= 15 is 0 Å². The van der Waals surface area contributed by atoms with Crippen LogP contribution in [-0.2, 0) is 9.53 Å². The third-order valence-electron chi connectivity index (χ3n) is 3.39. The van der Waals surface area contributed by atoms with Crippen LogP contribution in [0.1, 0.15) is 12.5 Å². The molecule has 0 spiro atoms. The van der Waals surface area contributed by atoms with Gasteiger partial charge >= 0.3 is 5.97 Å². The SMILES string of the molecule is COC(=O)[C@@H](C)Sc1nnc2cc(C)c3ccccc3n12. The standard InChI is InChI=1S/C15H15N3O2S/c1-9-8-13-16-17-15(21-10(2)14(19)20-3)18(13)12-7-5-4-6-11(9)12/h4-8,10H,1-3H3/t10-/m1/s1. The summed E-state index contributed by atoms with van der Waals surface area (Å²) in [5.74, 6) is -0.270. The molecule has 0 aliphatic rings. The zero-order chi connectivity index (χ0) is 15.0. The first kappa shape index (κ1) is 13.9. The Bertz CT molecular complexity index is 828. The van der Waals surface area contributed by atoms with E-state index in [1.54, 1.807) is 6.92 Å². The average Bonchev–Trinajstić information content (AvgIpc) is 2.89. The quantitative estimate of drug-likeness (QED) is 0.550. The van der Waals surface area contributed by atoms with Gasteiger partial charge in [-0.05, 0) is 31.5 Å². The van der Waals surface area contributed by atoms with Crippen molar-refractivity contribution < 1.29 is 9.53 Å². The van der Waals surface area contributed by atoms with Crippen LogP contribution in [0.3, 0.4) is 0 Å². The molecule has 0 saturated heterocycles. The zero-order valence-corrected chi connectivity index (χ0v) is 12.8. The topological polar surface area (TPSA) is 56.5 Å². The van der Waals surface area contributed by atoms with Gasteiger partial charge in [0.15, 0.2) is 10.8 Å². The molecule has 0 aliphatic heterocycles. The van der Waals surface area contributed by atoms with E-state index < -0.39 is 0 Å². The molecule has 0 amide bonds. The first-order chi connectivity index (χ1) is 10.1. The lowest BCUT2D eigenvalue weighted by molar-refractivity contribution is -0.139. The molecule has 0 radical (unpaired) electrons. The molecular formula is C15H15N3O2S. The van der Waals surface area contributed by atoms with E-state index in [-0.39, 0.29) is 11.2 Å². The summed E-state index contributed by atoms with van der Waals surface area (Å²) in [6, 6.07) is 10.1. The molecule has 0 saturated carbocycles. The summed E-state index contributed by atoms with van der Waals surface area (Å²) >= 11 is 1.35. The van der Waals surface area contributed by atoms with Crippen molar-refractivity contribution in [2.24, 2.45) is 0 Å². The van der Waals surface area contributed by atoms with E-state index in [1.165, 1.54) is 18.9 Å². The lowest BCUT2D eigenvalue weighted by atomic mass is 10.1. The van der Waals surface area contributed by atoms with Gasteiger partial charge in [0, 0.05) is 5.39 Å². The Morgan fingerprint density at radius 3 is 2.86 bits per heavy atom. The molecule has 1 aromatic carbocycles. The normalized spacial score (nSPS) is 12.7. The van der Waals surface area contributed by atoms with E-state index in [4.69, 9.17) is 4.74 Å². The Balaban J connectivity index is 2.17. The van der Waals surface area contributed by atoms with E-state index in [2.05, 4.69) is 23.2 Å². The average molecular weight is 301 g/mol. The first-order valence-corrected chi connectivity index (χ1v) is 7.47. The number of ether oxygens (including phenoxy) is 1. The molecule has 6 heteroatoms. The molecule has 0 fully saturated rings. The summed E-state index contributed by atoms with van der Waals surface area (Å²) in [7, 11) is 1.39. The number of pyridine rings is 1. The van der Waals surface area contributed by atoms with Crippen LogP contribution in [0.2, 0.25) is 0 Å². The largest absolute Gasteiger partial charge is 0.468 e. The fraction of sp³-hybridized carbons (Fsp3) is 0.267. The number of hydrogen-bond acceptors (Lipinski definition) is 5. The van der Waals surface area contributed by atoms with E-state index in [0.717, 1.165) is 22.1 Å².